The van der Waals surface area contributed by atoms with Crippen molar-refractivity contribution in [1.29, 1.82) is 0 Å². The first-order valence-electron chi connectivity index (χ1n) is 8.86. The lowest BCUT2D eigenvalue weighted by molar-refractivity contribution is 0.0651. The molecule has 4 rings (SSSR count). The van der Waals surface area contributed by atoms with Gasteiger partial charge in [0, 0.05) is 0 Å². The van der Waals surface area contributed by atoms with Crippen LogP contribution >= 0.6 is 22.7 Å². The highest BCUT2D eigenvalue weighted by atomic mass is 32.1. The van der Waals surface area contributed by atoms with E-state index in [0.717, 1.165) is 0 Å². The van der Waals surface area contributed by atoms with Crippen molar-refractivity contribution in [2.45, 2.75) is 26.1 Å². The molecule has 12 nitrogen and oxygen atoms in total. The van der Waals surface area contributed by atoms with Gasteiger partial charge in [0.1, 0.15) is 25.4 Å². The molecule has 14 heteroatoms. The number of thiophene rings is 2. The van der Waals surface area contributed by atoms with Crippen LogP contribution in [0.4, 0.5) is 0 Å². The summed E-state index contributed by atoms with van der Waals surface area (Å²) in [5.74, 6) is -4.78. The van der Waals surface area contributed by atoms with Crippen LogP contribution in [-0.2, 0) is 0 Å². The van der Waals surface area contributed by atoms with Crippen molar-refractivity contribution in [1.82, 2.24) is 0 Å². The van der Waals surface area contributed by atoms with Gasteiger partial charge in [-0.15, -0.1) is 22.7 Å². The number of carbonyl (C=O) groups is 4. The number of carboxylic acids is 4. The molecule has 4 N–H and O–H groups in total. The smallest absolute Gasteiger partial charge is 0.349 e. The second-order valence-corrected chi connectivity index (χ2v) is 8.58. The molecule has 2 atom stereocenters. The van der Waals surface area contributed by atoms with Crippen LogP contribution in [0.5, 0.6) is 23.0 Å². The van der Waals surface area contributed by atoms with E-state index in [0.29, 0.717) is 22.7 Å². The van der Waals surface area contributed by atoms with Gasteiger partial charge in [-0.3, -0.25) is 0 Å². The van der Waals surface area contributed by atoms with Crippen LogP contribution in [0.15, 0.2) is 0 Å². The van der Waals surface area contributed by atoms with E-state index in [4.69, 9.17) is 39.4 Å². The van der Waals surface area contributed by atoms with Crippen molar-refractivity contribution in [2.24, 2.45) is 0 Å². The first-order valence-corrected chi connectivity index (χ1v) is 10.5. The van der Waals surface area contributed by atoms with Crippen LogP contribution in [0, 0.1) is 0 Å². The minimum absolute atomic E-state index is 0.0213. The average Bonchev–Trinajstić information content (AvgIpc) is 3.26. The number of aromatic carboxylic acids is 4. The van der Waals surface area contributed by atoms with E-state index in [-0.39, 0.29) is 67.9 Å². The monoisotopic (exact) mass is 488 g/mol. The van der Waals surface area contributed by atoms with Crippen LogP contribution in [0.1, 0.15) is 52.5 Å². The summed E-state index contributed by atoms with van der Waals surface area (Å²) in [4.78, 5) is 43.0. The summed E-state index contributed by atoms with van der Waals surface area (Å²) in [5, 5.41) is 35.6. The highest BCUT2D eigenvalue weighted by Gasteiger charge is 2.34. The van der Waals surface area contributed by atoms with E-state index < -0.39 is 23.9 Å². The van der Waals surface area contributed by atoms with Crippen LogP contribution in [0.25, 0.3) is 0 Å². The fourth-order valence-electron chi connectivity index (χ4n) is 2.71. The molecule has 0 saturated carbocycles. The highest BCUT2D eigenvalue weighted by molar-refractivity contribution is 7.17. The van der Waals surface area contributed by atoms with Gasteiger partial charge in [-0.1, -0.05) is 0 Å². The Morgan fingerprint density at radius 1 is 0.625 bits per heavy atom. The number of rotatable bonds is 4. The van der Waals surface area contributed by atoms with E-state index in [1.165, 1.54) is 0 Å². The Balaban J connectivity index is 0.000000181. The molecular formula is C18H16O12S2. The Labute approximate surface area is 187 Å². The third kappa shape index (κ3) is 4.40. The maximum Gasteiger partial charge on any atom is 0.349 e. The first-order chi connectivity index (χ1) is 15.0. The summed E-state index contributed by atoms with van der Waals surface area (Å²) in [7, 11) is 0. The molecule has 2 aliphatic heterocycles. The predicted molar refractivity (Wildman–Crippen MR) is 108 cm³/mol. The zero-order chi connectivity index (χ0) is 23.7. The van der Waals surface area contributed by atoms with E-state index in [1.807, 2.05) is 0 Å². The Bertz CT molecular complexity index is 1010. The lowest BCUT2D eigenvalue weighted by atomic mass is 10.3. The van der Waals surface area contributed by atoms with Gasteiger partial charge >= 0.3 is 23.9 Å². The van der Waals surface area contributed by atoms with E-state index >= 15 is 0 Å². The van der Waals surface area contributed by atoms with Gasteiger partial charge in [0.25, 0.3) is 0 Å². The lowest BCUT2D eigenvalue weighted by Gasteiger charge is -2.22. The average molecular weight is 488 g/mol. The van der Waals surface area contributed by atoms with Gasteiger partial charge < -0.3 is 39.4 Å². The highest BCUT2D eigenvalue weighted by Crippen LogP contribution is 2.45. The molecule has 0 saturated heterocycles. The molecule has 172 valence electrons. The molecule has 32 heavy (non-hydrogen) atoms. The van der Waals surface area contributed by atoms with Gasteiger partial charge in [-0.25, -0.2) is 19.2 Å². The van der Waals surface area contributed by atoms with Crippen LogP contribution in [0.2, 0.25) is 0 Å². The zero-order valence-corrected chi connectivity index (χ0v) is 18.1. The summed E-state index contributed by atoms with van der Waals surface area (Å²) in [6.07, 6.45) is -0.580. The Morgan fingerprint density at radius 2 is 0.906 bits per heavy atom. The number of hydrogen-bond donors (Lipinski definition) is 4. The van der Waals surface area contributed by atoms with Crippen LogP contribution < -0.4 is 18.9 Å². The fourth-order valence-corrected chi connectivity index (χ4v) is 4.43. The third-order valence-corrected chi connectivity index (χ3v) is 6.24. The standard InChI is InChI=1S/2C9H8O6S/c2*1-3-2-14-4-5(15-3)7(9(12)13)16-6(4)8(10)11/h2*3H,2H2,1H3,(H,10,11)(H,12,13). The molecule has 2 aromatic rings. The summed E-state index contributed by atoms with van der Waals surface area (Å²) >= 11 is 1.29. The number of carboxylic acid groups (broad SMARTS) is 4. The lowest BCUT2D eigenvalue weighted by Crippen LogP contribution is -2.26. The van der Waals surface area contributed by atoms with E-state index in [1.54, 1.807) is 13.8 Å². The molecule has 2 aromatic heterocycles. The van der Waals surface area contributed by atoms with E-state index in [2.05, 4.69) is 0 Å². The summed E-state index contributed by atoms with van der Waals surface area (Å²) in [6.45, 7) is 3.85. The van der Waals surface area contributed by atoms with Crippen molar-refractivity contribution in [3.05, 3.63) is 19.5 Å². The minimum Gasteiger partial charge on any atom is -0.484 e. The largest absolute Gasteiger partial charge is 0.484 e. The second-order valence-electron chi connectivity index (χ2n) is 6.54. The Morgan fingerprint density at radius 3 is 1.19 bits per heavy atom. The molecular weight excluding hydrogens is 472 g/mol. The quantitative estimate of drug-likeness (QED) is 0.493. The molecule has 0 amide bonds. The van der Waals surface area contributed by atoms with Crippen LogP contribution in [0.3, 0.4) is 0 Å². The minimum atomic E-state index is -1.22. The molecule has 0 aromatic carbocycles. The molecule has 2 aliphatic rings. The SMILES string of the molecule is CC1COc2c(C(=O)O)sc(C(=O)O)c2O1.CC1COc2c(C(=O)O)sc(C(=O)O)c2O1. The first kappa shape index (κ1) is 23.1. The predicted octanol–water partition coefficient (Wildman–Crippen LogP) is 2.61. The van der Waals surface area contributed by atoms with E-state index in [9.17, 15) is 19.2 Å². The molecule has 2 unspecified atom stereocenters. The van der Waals surface area contributed by atoms with Gasteiger partial charge in [0.2, 0.25) is 0 Å². The summed E-state index contributed by atoms with van der Waals surface area (Å²) < 4.78 is 21.0. The third-order valence-electron chi connectivity index (χ3n) is 3.99. The van der Waals surface area contributed by atoms with Gasteiger partial charge in [-0.2, -0.15) is 0 Å². The fraction of sp³-hybridized carbons (Fsp3) is 0.333. The van der Waals surface area contributed by atoms with Crippen molar-refractivity contribution in [3.63, 3.8) is 0 Å². The van der Waals surface area contributed by atoms with Crippen molar-refractivity contribution >= 4 is 46.6 Å². The maximum absolute atomic E-state index is 10.9. The topological polar surface area (TPSA) is 186 Å². The zero-order valence-electron chi connectivity index (χ0n) is 16.4. The van der Waals surface area contributed by atoms with Gasteiger partial charge in [0.05, 0.1) is 0 Å². The molecule has 4 heterocycles. The maximum atomic E-state index is 10.9. The Kier molecular flexibility index (Phi) is 6.45. The van der Waals surface area contributed by atoms with Gasteiger partial charge in [-0.05, 0) is 13.8 Å². The summed E-state index contributed by atoms with van der Waals surface area (Å²) in [5.41, 5.74) is 0. The van der Waals surface area contributed by atoms with Crippen molar-refractivity contribution in [3.8, 4) is 23.0 Å². The molecule has 0 fully saturated rings. The summed E-state index contributed by atoms with van der Waals surface area (Å²) in [6, 6.07) is 0. The number of ether oxygens (including phenoxy) is 4. The van der Waals surface area contributed by atoms with Crippen LogP contribution in [-0.4, -0.2) is 69.7 Å². The normalized spacial score (nSPS) is 18.2. The van der Waals surface area contributed by atoms with Crippen molar-refractivity contribution < 1.29 is 58.6 Å². The number of fused-ring (bicyclic) bond motifs is 2. The molecule has 0 bridgehead atoms. The van der Waals surface area contributed by atoms with Crippen molar-refractivity contribution in [2.75, 3.05) is 13.2 Å². The van der Waals surface area contributed by atoms with Gasteiger partial charge in [0.15, 0.2) is 42.5 Å². The Hall–Kier alpha value is -3.52. The molecule has 0 radical (unpaired) electrons. The molecule has 0 aliphatic carbocycles. The number of hydrogen-bond acceptors (Lipinski definition) is 10. The molecule has 0 spiro atoms. The second kappa shape index (κ2) is 8.92.